The summed E-state index contributed by atoms with van der Waals surface area (Å²) in [6.45, 7) is 0.546. The molecule has 1 atom stereocenters. The molecular formula is C11H12N2O. The molecule has 0 radical (unpaired) electrons. The second kappa shape index (κ2) is 4.07. The highest BCUT2D eigenvalue weighted by Crippen LogP contribution is 2.13. The number of benzene rings is 1. The van der Waals surface area contributed by atoms with Crippen LogP contribution in [0.25, 0.3) is 0 Å². The van der Waals surface area contributed by atoms with Crippen LogP contribution in [0.2, 0.25) is 0 Å². The summed E-state index contributed by atoms with van der Waals surface area (Å²) in [5.41, 5.74) is 0.932. The second-order valence-corrected chi connectivity index (χ2v) is 3.19. The predicted octanol–water partition coefficient (Wildman–Crippen LogP) is 1.62. The van der Waals surface area contributed by atoms with Crippen LogP contribution in [0.5, 0.6) is 0 Å². The Balaban J connectivity index is 2.07. The highest BCUT2D eigenvalue weighted by atomic mass is 16.3. The van der Waals surface area contributed by atoms with Crippen molar-refractivity contribution < 1.29 is 5.11 Å². The largest absolute Gasteiger partial charge is 0.387 e. The third kappa shape index (κ3) is 2.00. The lowest BCUT2D eigenvalue weighted by molar-refractivity contribution is 0.156. The summed E-state index contributed by atoms with van der Waals surface area (Å²) in [7, 11) is 0. The van der Waals surface area contributed by atoms with Gasteiger partial charge in [0, 0.05) is 12.4 Å². The zero-order valence-electron chi connectivity index (χ0n) is 7.74. The summed E-state index contributed by atoms with van der Waals surface area (Å²) in [6.07, 6.45) is 4.78. The van der Waals surface area contributed by atoms with Gasteiger partial charge in [-0.25, -0.2) is 4.98 Å². The van der Waals surface area contributed by atoms with Crippen LogP contribution in [0, 0.1) is 0 Å². The fourth-order valence-corrected chi connectivity index (χ4v) is 1.38. The maximum atomic E-state index is 9.84. The van der Waals surface area contributed by atoms with Gasteiger partial charge in [0.05, 0.1) is 19.0 Å². The van der Waals surface area contributed by atoms with Crippen molar-refractivity contribution in [2.24, 2.45) is 0 Å². The highest BCUT2D eigenvalue weighted by molar-refractivity contribution is 5.17. The van der Waals surface area contributed by atoms with Crippen LogP contribution in [0.3, 0.4) is 0 Å². The Morgan fingerprint density at radius 2 is 2.07 bits per heavy atom. The molecule has 0 spiro atoms. The fraction of sp³-hybridized carbons (Fsp3) is 0.182. The first kappa shape index (κ1) is 8.97. The third-order valence-electron chi connectivity index (χ3n) is 2.13. The van der Waals surface area contributed by atoms with E-state index in [1.807, 2.05) is 41.1 Å². The highest BCUT2D eigenvalue weighted by Gasteiger charge is 2.06. The van der Waals surface area contributed by atoms with Gasteiger partial charge in [-0.1, -0.05) is 30.3 Å². The van der Waals surface area contributed by atoms with Crippen molar-refractivity contribution in [3.8, 4) is 0 Å². The van der Waals surface area contributed by atoms with E-state index in [-0.39, 0.29) is 0 Å². The predicted molar refractivity (Wildman–Crippen MR) is 53.6 cm³/mol. The Morgan fingerprint density at radius 3 is 2.71 bits per heavy atom. The molecule has 0 bridgehead atoms. The summed E-state index contributed by atoms with van der Waals surface area (Å²) in [5.74, 6) is 0. The van der Waals surface area contributed by atoms with Crippen LogP contribution in [0.1, 0.15) is 11.7 Å². The van der Waals surface area contributed by atoms with Gasteiger partial charge in [0.15, 0.2) is 0 Å². The van der Waals surface area contributed by atoms with Crippen molar-refractivity contribution in [3.05, 3.63) is 54.6 Å². The van der Waals surface area contributed by atoms with Crippen LogP contribution < -0.4 is 0 Å². The summed E-state index contributed by atoms with van der Waals surface area (Å²) in [4.78, 5) is 3.92. The van der Waals surface area contributed by atoms with E-state index in [0.717, 1.165) is 5.56 Å². The van der Waals surface area contributed by atoms with Crippen molar-refractivity contribution >= 4 is 0 Å². The fourth-order valence-electron chi connectivity index (χ4n) is 1.38. The third-order valence-corrected chi connectivity index (χ3v) is 2.13. The minimum Gasteiger partial charge on any atom is -0.387 e. The number of imidazole rings is 1. The molecule has 1 aromatic heterocycles. The molecule has 0 aliphatic carbocycles. The van der Waals surface area contributed by atoms with Crippen molar-refractivity contribution in [1.29, 1.82) is 0 Å². The summed E-state index contributed by atoms with van der Waals surface area (Å²) in [6, 6.07) is 9.62. The molecule has 0 saturated heterocycles. The maximum absolute atomic E-state index is 9.84. The number of aliphatic hydroxyl groups excluding tert-OH is 1. The molecule has 0 amide bonds. The van der Waals surface area contributed by atoms with Gasteiger partial charge >= 0.3 is 0 Å². The van der Waals surface area contributed by atoms with Gasteiger partial charge in [-0.3, -0.25) is 0 Å². The summed E-state index contributed by atoms with van der Waals surface area (Å²) in [5, 5.41) is 9.84. The molecule has 0 saturated carbocycles. The number of hydrogen-bond acceptors (Lipinski definition) is 2. The Kier molecular flexibility index (Phi) is 2.60. The molecule has 2 aromatic rings. The quantitative estimate of drug-likeness (QED) is 0.794. The Labute approximate surface area is 82.7 Å². The van der Waals surface area contributed by atoms with E-state index >= 15 is 0 Å². The molecular weight excluding hydrogens is 176 g/mol. The molecule has 0 aliphatic heterocycles. The van der Waals surface area contributed by atoms with E-state index in [0.29, 0.717) is 6.54 Å². The van der Waals surface area contributed by atoms with Crippen LogP contribution in [0.4, 0.5) is 0 Å². The van der Waals surface area contributed by atoms with E-state index in [1.54, 1.807) is 12.5 Å². The van der Waals surface area contributed by atoms with Gasteiger partial charge in [0.2, 0.25) is 0 Å². The van der Waals surface area contributed by atoms with E-state index in [4.69, 9.17) is 0 Å². The first-order valence-electron chi connectivity index (χ1n) is 4.55. The topological polar surface area (TPSA) is 38.0 Å². The standard InChI is InChI=1S/C11H12N2O/c14-11(8-13-7-6-12-9-13)10-4-2-1-3-5-10/h1-7,9,11,14H,8H2/t11-/m0/s1. The van der Waals surface area contributed by atoms with E-state index < -0.39 is 6.10 Å². The van der Waals surface area contributed by atoms with Crippen LogP contribution >= 0.6 is 0 Å². The number of aromatic nitrogens is 2. The normalized spacial score (nSPS) is 12.6. The molecule has 72 valence electrons. The Hall–Kier alpha value is -1.61. The lowest BCUT2D eigenvalue weighted by Crippen LogP contribution is -2.06. The number of hydrogen-bond donors (Lipinski definition) is 1. The van der Waals surface area contributed by atoms with Crippen LogP contribution in [-0.2, 0) is 6.54 Å². The van der Waals surface area contributed by atoms with Gasteiger partial charge in [0.1, 0.15) is 0 Å². The van der Waals surface area contributed by atoms with E-state index in [9.17, 15) is 5.11 Å². The van der Waals surface area contributed by atoms with Crippen molar-refractivity contribution in [2.75, 3.05) is 0 Å². The first-order valence-corrected chi connectivity index (χ1v) is 4.55. The van der Waals surface area contributed by atoms with Gasteiger partial charge in [-0.2, -0.15) is 0 Å². The molecule has 2 rings (SSSR count). The smallest absolute Gasteiger partial charge is 0.0969 e. The maximum Gasteiger partial charge on any atom is 0.0969 e. The molecule has 3 nitrogen and oxygen atoms in total. The Bertz CT molecular complexity index is 369. The monoisotopic (exact) mass is 188 g/mol. The van der Waals surface area contributed by atoms with Gasteiger partial charge < -0.3 is 9.67 Å². The van der Waals surface area contributed by atoms with Gasteiger partial charge in [-0.15, -0.1) is 0 Å². The average Bonchev–Trinajstić information content (AvgIpc) is 2.72. The zero-order valence-corrected chi connectivity index (χ0v) is 7.74. The van der Waals surface area contributed by atoms with Gasteiger partial charge in [-0.05, 0) is 5.56 Å². The van der Waals surface area contributed by atoms with E-state index in [2.05, 4.69) is 4.98 Å². The zero-order chi connectivity index (χ0) is 9.80. The first-order chi connectivity index (χ1) is 6.86. The van der Waals surface area contributed by atoms with Gasteiger partial charge in [0.25, 0.3) is 0 Å². The average molecular weight is 188 g/mol. The Morgan fingerprint density at radius 1 is 1.29 bits per heavy atom. The molecule has 1 N–H and O–H groups in total. The summed E-state index contributed by atoms with van der Waals surface area (Å²) < 4.78 is 1.86. The lowest BCUT2D eigenvalue weighted by Gasteiger charge is -2.10. The SMILES string of the molecule is O[C@@H](Cn1ccnc1)c1ccccc1. The molecule has 1 aromatic carbocycles. The molecule has 0 fully saturated rings. The molecule has 0 aliphatic rings. The molecule has 3 heteroatoms. The van der Waals surface area contributed by atoms with Crippen molar-refractivity contribution in [2.45, 2.75) is 12.6 Å². The lowest BCUT2D eigenvalue weighted by atomic mass is 10.1. The number of nitrogens with zero attached hydrogens (tertiary/aromatic N) is 2. The minimum absolute atomic E-state index is 0.467. The van der Waals surface area contributed by atoms with E-state index in [1.165, 1.54) is 0 Å². The van der Waals surface area contributed by atoms with Crippen LogP contribution in [-0.4, -0.2) is 14.7 Å². The van der Waals surface area contributed by atoms with Crippen molar-refractivity contribution in [3.63, 3.8) is 0 Å². The van der Waals surface area contributed by atoms with Crippen LogP contribution in [0.15, 0.2) is 49.1 Å². The number of rotatable bonds is 3. The minimum atomic E-state index is -0.467. The number of aliphatic hydroxyl groups is 1. The second-order valence-electron chi connectivity index (χ2n) is 3.19. The molecule has 0 unspecified atom stereocenters. The van der Waals surface area contributed by atoms with Crippen molar-refractivity contribution in [1.82, 2.24) is 9.55 Å². The summed E-state index contributed by atoms with van der Waals surface area (Å²) >= 11 is 0. The molecule has 14 heavy (non-hydrogen) atoms. The molecule has 1 heterocycles.